The van der Waals surface area contributed by atoms with Gasteiger partial charge in [-0.1, -0.05) is 25.0 Å². The van der Waals surface area contributed by atoms with Crippen molar-refractivity contribution in [1.29, 1.82) is 0 Å². The lowest BCUT2D eigenvalue weighted by Gasteiger charge is -2.06. The number of carbonyl (C=O) groups is 1. The van der Waals surface area contributed by atoms with Crippen molar-refractivity contribution >= 4 is 45.0 Å². The van der Waals surface area contributed by atoms with Crippen LogP contribution in [0.1, 0.15) is 52.2 Å². The molecule has 5 heteroatoms. The number of benzene rings is 1. The van der Waals surface area contributed by atoms with Gasteiger partial charge in [-0.25, -0.2) is 4.98 Å². The number of halogens is 1. The molecule has 0 saturated carbocycles. The summed E-state index contributed by atoms with van der Waals surface area (Å²) < 4.78 is 1.01. The first-order valence-electron chi connectivity index (χ1n) is 7.70. The Bertz CT molecular complexity index is 670. The third-order valence-corrected chi connectivity index (χ3v) is 6.51. The molecule has 0 saturated heterocycles. The fourth-order valence-electron chi connectivity index (χ4n) is 2.75. The number of amides is 1. The first-order valence-corrected chi connectivity index (χ1v) is 9.59. The molecule has 2 aromatic rings. The molecule has 22 heavy (non-hydrogen) atoms. The molecule has 0 bridgehead atoms. The van der Waals surface area contributed by atoms with Gasteiger partial charge in [0.05, 0.1) is 11.3 Å². The van der Waals surface area contributed by atoms with Crippen LogP contribution in [0.3, 0.4) is 0 Å². The maximum atomic E-state index is 12.5. The minimum absolute atomic E-state index is 0.0604. The number of anilines is 1. The lowest BCUT2D eigenvalue weighted by atomic mass is 10.0. The van der Waals surface area contributed by atoms with E-state index in [0.717, 1.165) is 32.7 Å². The van der Waals surface area contributed by atoms with Gasteiger partial charge in [0.1, 0.15) is 0 Å². The van der Waals surface area contributed by atoms with Gasteiger partial charge in [0.25, 0.3) is 5.91 Å². The van der Waals surface area contributed by atoms with Crippen molar-refractivity contribution in [3.63, 3.8) is 0 Å². The molecule has 0 unspecified atom stereocenters. The summed E-state index contributed by atoms with van der Waals surface area (Å²) >= 11 is 3.88. The van der Waals surface area contributed by atoms with E-state index in [2.05, 4.69) is 32.9 Å². The normalized spacial score (nSPS) is 14.8. The number of hydrogen-bond acceptors (Lipinski definition) is 3. The molecular formula is C17H19IN2OS. The van der Waals surface area contributed by atoms with Crippen LogP contribution in [-0.4, -0.2) is 10.9 Å². The molecule has 1 aromatic carbocycles. The predicted molar refractivity (Wildman–Crippen MR) is 99.8 cm³/mol. The summed E-state index contributed by atoms with van der Waals surface area (Å²) in [6.45, 7) is 2.02. The van der Waals surface area contributed by atoms with Gasteiger partial charge in [-0.05, 0) is 66.8 Å². The highest BCUT2D eigenvalue weighted by atomic mass is 127. The molecule has 0 radical (unpaired) electrons. The smallest absolute Gasteiger partial charge is 0.258 e. The number of aromatic nitrogens is 1. The average Bonchev–Trinajstić information content (AvgIpc) is 2.83. The van der Waals surface area contributed by atoms with Crippen molar-refractivity contribution < 1.29 is 4.79 Å². The van der Waals surface area contributed by atoms with Gasteiger partial charge in [0.2, 0.25) is 0 Å². The third kappa shape index (κ3) is 3.51. The molecule has 0 atom stereocenters. The summed E-state index contributed by atoms with van der Waals surface area (Å²) in [4.78, 5) is 18.5. The Kier molecular flexibility index (Phi) is 5.13. The Morgan fingerprint density at radius 3 is 2.82 bits per heavy atom. The molecule has 1 aliphatic rings. The summed E-state index contributed by atoms with van der Waals surface area (Å²) in [5, 5.41) is 3.73. The SMILES string of the molecule is Cc1cccc(C(=O)Nc2nc3c(s2)CCCCCC3)c1I. The van der Waals surface area contributed by atoms with E-state index in [4.69, 9.17) is 0 Å². The Labute approximate surface area is 148 Å². The summed E-state index contributed by atoms with van der Waals surface area (Å²) in [7, 11) is 0. The van der Waals surface area contributed by atoms with Crippen molar-refractivity contribution in [3.8, 4) is 0 Å². The molecule has 116 valence electrons. The Balaban J connectivity index is 1.79. The number of fused-ring (bicyclic) bond motifs is 1. The fourth-order valence-corrected chi connectivity index (χ4v) is 4.40. The third-order valence-electron chi connectivity index (χ3n) is 4.00. The van der Waals surface area contributed by atoms with E-state index in [9.17, 15) is 4.79 Å². The molecule has 1 amide bonds. The van der Waals surface area contributed by atoms with E-state index in [1.807, 2.05) is 25.1 Å². The largest absolute Gasteiger partial charge is 0.298 e. The Morgan fingerprint density at radius 2 is 2.00 bits per heavy atom. The molecule has 1 aliphatic carbocycles. The van der Waals surface area contributed by atoms with Crippen molar-refractivity contribution in [2.24, 2.45) is 0 Å². The maximum absolute atomic E-state index is 12.5. The fraction of sp³-hybridized carbons (Fsp3) is 0.412. The van der Waals surface area contributed by atoms with Crippen LogP contribution in [0.15, 0.2) is 18.2 Å². The summed E-state index contributed by atoms with van der Waals surface area (Å²) in [5.41, 5.74) is 3.04. The van der Waals surface area contributed by atoms with E-state index in [0.29, 0.717) is 0 Å². The van der Waals surface area contributed by atoms with Crippen LogP contribution in [0.25, 0.3) is 0 Å². The molecule has 3 rings (SSSR count). The van der Waals surface area contributed by atoms with Crippen LogP contribution in [0, 0.1) is 10.5 Å². The lowest BCUT2D eigenvalue weighted by Crippen LogP contribution is -2.13. The van der Waals surface area contributed by atoms with Crippen LogP contribution in [0.4, 0.5) is 5.13 Å². The van der Waals surface area contributed by atoms with Gasteiger partial charge in [-0.3, -0.25) is 10.1 Å². The molecule has 0 fully saturated rings. The molecule has 3 nitrogen and oxygen atoms in total. The minimum Gasteiger partial charge on any atom is -0.298 e. The van der Waals surface area contributed by atoms with Gasteiger partial charge in [-0.2, -0.15) is 0 Å². The number of carbonyl (C=O) groups excluding carboxylic acids is 1. The highest BCUT2D eigenvalue weighted by Gasteiger charge is 2.17. The first kappa shape index (κ1) is 15.9. The van der Waals surface area contributed by atoms with E-state index < -0.39 is 0 Å². The zero-order valence-corrected chi connectivity index (χ0v) is 15.6. The van der Waals surface area contributed by atoms with Crippen LogP contribution in [0.5, 0.6) is 0 Å². The zero-order chi connectivity index (χ0) is 15.5. The summed E-state index contributed by atoms with van der Waals surface area (Å²) in [6, 6.07) is 5.81. The molecular weight excluding hydrogens is 407 g/mol. The number of rotatable bonds is 2. The van der Waals surface area contributed by atoms with Gasteiger partial charge in [0, 0.05) is 8.45 Å². The predicted octanol–water partition coefficient (Wildman–Crippen LogP) is 4.97. The second-order valence-electron chi connectivity index (χ2n) is 5.69. The van der Waals surface area contributed by atoms with E-state index in [1.54, 1.807) is 11.3 Å². The van der Waals surface area contributed by atoms with Crippen molar-refractivity contribution in [2.45, 2.75) is 45.4 Å². The summed E-state index contributed by atoms with van der Waals surface area (Å²) in [5.74, 6) is -0.0604. The molecule has 1 heterocycles. The number of thiazole rings is 1. The topological polar surface area (TPSA) is 42.0 Å². The highest BCUT2D eigenvalue weighted by Crippen LogP contribution is 2.29. The van der Waals surface area contributed by atoms with Crippen LogP contribution >= 0.6 is 33.9 Å². The van der Waals surface area contributed by atoms with Crippen molar-refractivity contribution in [2.75, 3.05) is 5.32 Å². The molecule has 0 spiro atoms. The quantitative estimate of drug-likeness (QED) is 0.690. The molecule has 0 aliphatic heterocycles. The van der Waals surface area contributed by atoms with Gasteiger partial charge in [-0.15, -0.1) is 11.3 Å². The standard InChI is InChI=1S/C17H19IN2OS/c1-11-7-6-8-12(15(11)18)16(21)20-17-19-13-9-4-2-3-5-10-14(13)22-17/h6-8H,2-5,9-10H2,1H3,(H,19,20,21). The van der Waals surface area contributed by atoms with E-state index >= 15 is 0 Å². The van der Waals surface area contributed by atoms with Crippen LogP contribution < -0.4 is 5.32 Å². The number of hydrogen-bond donors (Lipinski definition) is 1. The van der Waals surface area contributed by atoms with E-state index in [1.165, 1.54) is 36.3 Å². The van der Waals surface area contributed by atoms with Crippen molar-refractivity contribution in [3.05, 3.63) is 43.5 Å². The molecule has 1 N–H and O–H groups in total. The molecule has 1 aromatic heterocycles. The Morgan fingerprint density at radius 1 is 1.23 bits per heavy atom. The second-order valence-corrected chi connectivity index (χ2v) is 7.86. The lowest BCUT2D eigenvalue weighted by molar-refractivity contribution is 0.102. The second kappa shape index (κ2) is 7.08. The number of nitrogens with one attached hydrogen (secondary N) is 1. The number of nitrogens with zero attached hydrogens (tertiary/aromatic N) is 1. The van der Waals surface area contributed by atoms with Gasteiger partial charge >= 0.3 is 0 Å². The minimum atomic E-state index is -0.0604. The van der Waals surface area contributed by atoms with Crippen LogP contribution in [-0.2, 0) is 12.8 Å². The maximum Gasteiger partial charge on any atom is 0.258 e. The average molecular weight is 426 g/mol. The number of aryl methyl sites for hydroxylation is 3. The first-order chi connectivity index (χ1) is 10.6. The van der Waals surface area contributed by atoms with E-state index in [-0.39, 0.29) is 5.91 Å². The zero-order valence-electron chi connectivity index (χ0n) is 12.6. The van der Waals surface area contributed by atoms with Gasteiger partial charge < -0.3 is 0 Å². The van der Waals surface area contributed by atoms with Gasteiger partial charge in [0.15, 0.2) is 5.13 Å². The highest BCUT2D eigenvalue weighted by molar-refractivity contribution is 14.1. The van der Waals surface area contributed by atoms with Crippen LogP contribution in [0.2, 0.25) is 0 Å². The monoisotopic (exact) mass is 426 g/mol. The summed E-state index contributed by atoms with van der Waals surface area (Å²) in [6.07, 6.45) is 7.19. The van der Waals surface area contributed by atoms with Crippen molar-refractivity contribution in [1.82, 2.24) is 4.98 Å². The Hall–Kier alpha value is -0.950.